The van der Waals surface area contributed by atoms with Crippen LogP contribution in [0.3, 0.4) is 0 Å². The summed E-state index contributed by atoms with van der Waals surface area (Å²) in [4.78, 5) is 4.95. The van der Waals surface area contributed by atoms with Crippen LogP contribution in [0.1, 0.15) is 18.0 Å². The molecule has 0 radical (unpaired) electrons. The smallest absolute Gasteiger partial charge is 0.129 e. The van der Waals surface area contributed by atoms with Crippen LogP contribution in [-0.2, 0) is 4.84 Å². The summed E-state index contributed by atoms with van der Waals surface area (Å²) in [6, 6.07) is 4.56. The van der Waals surface area contributed by atoms with Crippen molar-refractivity contribution in [2.45, 2.75) is 12.5 Å². The van der Waals surface area contributed by atoms with E-state index in [0.29, 0.717) is 17.2 Å². The Labute approximate surface area is 80.6 Å². The summed E-state index contributed by atoms with van der Waals surface area (Å²) in [5, 5.41) is 0.447. The molecule has 1 N–H and O–H groups in total. The Morgan fingerprint density at radius 2 is 2.38 bits per heavy atom. The minimum atomic E-state index is -0.282. The zero-order valence-electron chi connectivity index (χ0n) is 6.89. The Morgan fingerprint density at radius 1 is 1.54 bits per heavy atom. The predicted octanol–water partition coefficient (Wildman–Crippen LogP) is 2.45. The first-order valence-corrected chi connectivity index (χ1v) is 4.48. The molecule has 1 aromatic rings. The van der Waals surface area contributed by atoms with Crippen molar-refractivity contribution >= 4 is 11.6 Å². The Morgan fingerprint density at radius 3 is 3.00 bits per heavy atom. The highest BCUT2D eigenvalue weighted by Crippen LogP contribution is 2.29. The molecule has 70 valence electrons. The standard InChI is InChI=1S/C9H9ClFNO/c10-6-2-1-3-7(11)9(6)8-4-5-13-12-8/h1-3,8,12H,4-5H2. The molecule has 1 aromatic carbocycles. The largest absolute Gasteiger partial charge is 0.301 e. The van der Waals surface area contributed by atoms with Crippen LogP contribution in [0.15, 0.2) is 18.2 Å². The molecule has 0 bridgehead atoms. The lowest BCUT2D eigenvalue weighted by Gasteiger charge is -2.11. The van der Waals surface area contributed by atoms with Gasteiger partial charge in [0.25, 0.3) is 0 Å². The average Bonchev–Trinajstić information content (AvgIpc) is 2.57. The van der Waals surface area contributed by atoms with Crippen LogP contribution < -0.4 is 5.48 Å². The van der Waals surface area contributed by atoms with Crippen LogP contribution in [0.25, 0.3) is 0 Å². The monoisotopic (exact) mass is 201 g/mol. The van der Waals surface area contributed by atoms with Crippen molar-refractivity contribution in [3.8, 4) is 0 Å². The van der Waals surface area contributed by atoms with E-state index in [4.69, 9.17) is 16.4 Å². The van der Waals surface area contributed by atoms with Gasteiger partial charge in [0.2, 0.25) is 0 Å². The number of nitrogens with one attached hydrogen (secondary N) is 1. The van der Waals surface area contributed by atoms with E-state index in [1.807, 2.05) is 0 Å². The fourth-order valence-corrected chi connectivity index (χ4v) is 1.74. The summed E-state index contributed by atoms with van der Waals surface area (Å²) < 4.78 is 13.3. The summed E-state index contributed by atoms with van der Waals surface area (Å²) >= 11 is 5.87. The highest BCUT2D eigenvalue weighted by Gasteiger charge is 2.22. The summed E-state index contributed by atoms with van der Waals surface area (Å²) in [7, 11) is 0. The molecule has 1 heterocycles. The zero-order chi connectivity index (χ0) is 9.26. The van der Waals surface area contributed by atoms with E-state index < -0.39 is 0 Å². The molecule has 0 aromatic heterocycles. The molecule has 2 nitrogen and oxygen atoms in total. The van der Waals surface area contributed by atoms with E-state index in [1.54, 1.807) is 12.1 Å². The molecule has 1 aliphatic heterocycles. The maximum absolute atomic E-state index is 13.3. The highest BCUT2D eigenvalue weighted by atomic mass is 35.5. The number of rotatable bonds is 1. The molecule has 0 aliphatic carbocycles. The van der Waals surface area contributed by atoms with Gasteiger partial charge < -0.3 is 4.84 Å². The van der Waals surface area contributed by atoms with Crippen LogP contribution in [-0.4, -0.2) is 6.61 Å². The number of benzene rings is 1. The van der Waals surface area contributed by atoms with Crippen LogP contribution in [0.4, 0.5) is 4.39 Å². The number of hydroxylamine groups is 1. The topological polar surface area (TPSA) is 21.3 Å². The first-order chi connectivity index (χ1) is 6.29. The SMILES string of the molecule is Fc1cccc(Cl)c1C1CCON1. The molecule has 2 rings (SSSR count). The van der Waals surface area contributed by atoms with Crippen molar-refractivity contribution in [2.75, 3.05) is 6.61 Å². The second-order valence-corrected chi connectivity index (χ2v) is 3.35. The number of halogens is 2. The lowest BCUT2D eigenvalue weighted by Crippen LogP contribution is -2.13. The molecule has 1 aliphatic rings. The first-order valence-electron chi connectivity index (χ1n) is 4.10. The summed E-state index contributed by atoms with van der Waals surface area (Å²) in [6.45, 7) is 0.593. The second-order valence-electron chi connectivity index (χ2n) is 2.94. The van der Waals surface area contributed by atoms with Gasteiger partial charge in [-0.1, -0.05) is 17.7 Å². The molecule has 0 saturated carbocycles. The lowest BCUT2D eigenvalue weighted by molar-refractivity contribution is 0.0877. The molecule has 0 spiro atoms. The first kappa shape index (κ1) is 8.94. The van der Waals surface area contributed by atoms with E-state index in [1.165, 1.54) is 6.07 Å². The van der Waals surface area contributed by atoms with Crippen molar-refractivity contribution in [3.05, 3.63) is 34.6 Å². The van der Waals surface area contributed by atoms with E-state index in [9.17, 15) is 4.39 Å². The molecule has 4 heteroatoms. The molecular weight excluding hydrogens is 193 g/mol. The van der Waals surface area contributed by atoms with Gasteiger partial charge in [-0.3, -0.25) is 0 Å². The van der Waals surface area contributed by atoms with Crippen LogP contribution in [0.5, 0.6) is 0 Å². The fraction of sp³-hybridized carbons (Fsp3) is 0.333. The number of hydrogen-bond donors (Lipinski definition) is 1. The zero-order valence-corrected chi connectivity index (χ0v) is 7.64. The van der Waals surface area contributed by atoms with Crippen LogP contribution in [0, 0.1) is 5.82 Å². The van der Waals surface area contributed by atoms with Gasteiger partial charge in [-0.05, 0) is 18.6 Å². The van der Waals surface area contributed by atoms with Gasteiger partial charge in [-0.25, -0.2) is 4.39 Å². The molecule has 1 fully saturated rings. The van der Waals surface area contributed by atoms with E-state index >= 15 is 0 Å². The van der Waals surface area contributed by atoms with E-state index in [2.05, 4.69) is 5.48 Å². The van der Waals surface area contributed by atoms with Crippen LogP contribution >= 0.6 is 11.6 Å². The third-order valence-electron chi connectivity index (χ3n) is 2.08. The third kappa shape index (κ3) is 1.68. The maximum Gasteiger partial charge on any atom is 0.129 e. The van der Waals surface area contributed by atoms with Gasteiger partial charge >= 0.3 is 0 Å². The molecule has 1 atom stereocenters. The predicted molar refractivity (Wildman–Crippen MR) is 47.9 cm³/mol. The summed E-state index contributed by atoms with van der Waals surface area (Å²) in [5.41, 5.74) is 3.23. The Bertz CT molecular complexity index is 292. The number of hydrogen-bond acceptors (Lipinski definition) is 2. The lowest BCUT2D eigenvalue weighted by atomic mass is 10.1. The molecular formula is C9H9ClFNO. The van der Waals surface area contributed by atoms with Gasteiger partial charge in [-0.15, -0.1) is 0 Å². The fourth-order valence-electron chi connectivity index (χ4n) is 1.44. The summed E-state index contributed by atoms with van der Waals surface area (Å²) in [5.74, 6) is -0.282. The Kier molecular flexibility index (Phi) is 2.49. The quantitative estimate of drug-likeness (QED) is 0.754. The second kappa shape index (κ2) is 3.62. The van der Waals surface area contributed by atoms with Crippen molar-refractivity contribution in [1.29, 1.82) is 0 Å². The van der Waals surface area contributed by atoms with Gasteiger partial charge in [0.15, 0.2) is 0 Å². The average molecular weight is 202 g/mol. The maximum atomic E-state index is 13.3. The highest BCUT2D eigenvalue weighted by molar-refractivity contribution is 6.31. The molecule has 1 saturated heterocycles. The van der Waals surface area contributed by atoms with Crippen molar-refractivity contribution in [1.82, 2.24) is 5.48 Å². The van der Waals surface area contributed by atoms with Crippen molar-refractivity contribution < 1.29 is 9.23 Å². The van der Waals surface area contributed by atoms with Gasteiger partial charge in [-0.2, -0.15) is 5.48 Å². The van der Waals surface area contributed by atoms with Gasteiger partial charge in [0.1, 0.15) is 5.82 Å². The minimum Gasteiger partial charge on any atom is -0.301 e. The summed E-state index contributed by atoms with van der Waals surface area (Å²) in [6.07, 6.45) is 0.751. The van der Waals surface area contributed by atoms with Crippen LogP contribution in [0.2, 0.25) is 5.02 Å². The molecule has 0 amide bonds. The Balaban J connectivity index is 2.37. The minimum absolute atomic E-state index is 0.117. The van der Waals surface area contributed by atoms with Crippen molar-refractivity contribution in [3.63, 3.8) is 0 Å². The molecule has 13 heavy (non-hydrogen) atoms. The van der Waals surface area contributed by atoms with E-state index in [0.717, 1.165) is 6.42 Å². The normalized spacial score (nSPS) is 22.2. The van der Waals surface area contributed by atoms with E-state index in [-0.39, 0.29) is 11.9 Å². The third-order valence-corrected chi connectivity index (χ3v) is 2.41. The van der Waals surface area contributed by atoms with Gasteiger partial charge in [0, 0.05) is 10.6 Å². The van der Waals surface area contributed by atoms with Gasteiger partial charge in [0.05, 0.1) is 12.6 Å². The Hall–Kier alpha value is -0.640. The van der Waals surface area contributed by atoms with Crippen molar-refractivity contribution in [2.24, 2.45) is 0 Å². The molecule has 1 unspecified atom stereocenters.